The highest BCUT2D eigenvalue weighted by Crippen LogP contribution is 2.34. The first-order valence-electron chi connectivity index (χ1n) is 6.67. The van der Waals surface area contributed by atoms with Crippen LogP contribution in [-0.4, -0.2) is 17.6 Å². The standard InChI is InChI=1S/C16H17BrN2/c1-12-9-14(13-5-3-2-4-6-13)11-19(12)16-8-7-15(17)10-18-16/h2-8,10,12,14H,9,11H2,1H3. The minimum absolute atomic E-state index is 0.541. The summed E-state index contributed by atoms with van der Waals surface area (Å²) in [6.45, 7) is 3.34. The number of hydrogen-bond donors (Lipinski definition) is 0. The molecular weight excluding hydrogens is 300 g/mol. The summed E-state index contributed by atoms with van der Waals surface area (Å²) in [7, 11) is 0. The van der Waals surface area contributed by atoms with Crippen molar-refractivity contribution in [1.82, 2.24) is 4.98 Å². The summed E-state index contributed by atoms with van der Waals surface area (Å²) in [5.74, 6) is 1.69. The third kappa shape index (κ3) is 2.66. The average Bonchev–Trinajstić information content (AvgIpc) is 2.83. The molecule has 2 aromatic rings. The van der Waals surface area contributed by atoms with Crippen LogP contribution < -0.4 is 4.90 Å². The van der Waals surface area contributed by atoms with Crippen molar-refractivity contribution >= 4 is 21.7 Å². The van der Waals surface area contributed by atoms with Crippen LogP contribution >= 0.6 is 15.9 Å². The number of nitrogens with zero attached hydrogens (tertiary/aromatic N) is 2. The van der Waals surface area contributed by atoms with E-state index in [9.17, 15) is 0 Å². The van der Waals surface area contributed by atoms with Gasteiger partial charge in [0.25, 0.3) is 0 Å². The van der Waals surface area contributed by atoms with E-state index >= 15 is 0 Å². The third-order valence-corrected chi connectivity index (χ3v) is 4.32. The molecule has 2 nitrogen and oxygen atoms in total. The topological polar surface area (TPSA) is 16.1 Å². The fourth-order valence-corrected chi connectivity index (χ4v) is 3.09. The molecule has 0 saturated carbocycles. The van der Waals surface area contributed by atoms with E-state index in [4.69, 9.17) is 0 Å². The Morgan fingerprint density at radius 3 is 2.63 bits per heavy atom. The lowest BCUT2D eigenvalue weighted by molar-refractivity contribution is 0.697. The fourth-order valence-electron chi connectivity index (χ4n) is 2.85. The zero-order valence-corrected chi connectivity index (χ0v) is 12.5. The molecule has 3 heteroatoms. The molecule has 1 fully saturated rings. The van der Waals surface area contributed by atoms with E-state index in [1.807, 2.05) is 6.20 Å². The van der Waals surface area contributed by atoms with Gasteiger partial charge in [0.1, 0.15) is 5.82 Å². The summed E-state index contributed by atoms with van der Waals surface area (Å²) in [4.78, 5) is 6.92. The number of aromatic nitrogens is 1. The number of pyridine rings is 1. The first-order chi connectivity index (χ1) is 9.24. The van der Waals surface area contributed by atoms with Crippen LogP contribution in [0.4, 0.5) is 5.82 Å². The Morgan fingerprint density at radius 1 is 1.16 bits per heavy atom. The van der Waals surface area contributed by atoms with Crippen LogP contribution in [0.15, 0.2) is 53.1 Å². The molecule has 0 amide bonds. The van der Waals surface area contributed by atoms with Gasteiger partial charge in [-0.15, -0.1) is 0 Å². The summed E-state index contributed by atoms with van der Waals surface area (Å²) in [6, 6.07) is 15.5. The molecule has 0 spiro atoms. The van der Waals surface area contributed by atoms with Gasteiger partial charge < -0.3 is 4.90 Å². The van der Waals surface area contributed by atoms with Gasteiger partial charge in [0, 0.05) is 29.2 Å². The van der Waals surface area contributed by atoms with Crippen LogP contribution in [0.5, 0.6) is 0 Å². The largest absolute Gasteiger partial charge is 0.353 e. The number of halogens is 1. The Hall–Kier alpha value is -1.35. The molecule has 0 bridgehead atoms. The zero-order valence-electron chi connectivity index (χ0n) is 11.0. The van der Waals surface area contributed by atoms with Crippen molar-refractivity contribution in [3.63, 3.8) is 0 Å². The quantitative estimate of drug-likeness (QED) is 0.824. The first-order valence-corrected chi connectivity index (χ1v) is 7.46. The number of hydrogen-bond acceptors (Lipinski definition) is 2. The summed E-state index contributed by atoms with van der Waals surface area (Å²) in [5.41, 5.74) is 1.44. The van der Waals surface area contributed by atoms with Crippen molar-refractivity contribution in [3.05, 3.63) is 58.7 Å². The maximum Gasteiger partial charge on any atom is 0.128 e. The van der Waals surface area contributed by atoms with Crippen molar-refractivity contribution in [2.45, 2.75) is 25.3 Å². The van der Waals surface area contributed by atoms with Crippen molar-refractivity contribution in [2.24, 2.45) is 0 Å². The van der Waals surface area contributed by atoms with Gasteiger partial charge in [-0.2, -0.15) is 0 Å². The van der Waals surface area contributed by atoms with Gasteiger partial charge in [-0.3, -0.25) is 0 Å². The molecule has 1 saturated heterocycles. The molecule has 1 aliphatic rings. The van der Waals surface area contributed by atoms with Gasteiger partial charge in [-0.25, -0.2) is 4.98 Å². The molecule has 2 atom stereocenters. The molecule has 0 N–H and O–H groups in total. The number of benzene rings is 1. The molecule has 2 heterocycles. The number of anilines is 1. The molecule has 98 valence electrons. The molecule has 0 radical (unpaired) electrons. The second-order valence-electron chi connectivity index (χ2n) is 5.18. The molecule has 19 heavy (non-hydrogen) atoms. The van der Waals surface area contributed by atoms with E-state index in [2.05, 4.69) is 75.2 Å². The highest BCUT2D eigenvalue weighted by molar-refractivity contribution is 9.10. The monoisotopic (exact) mass is 316 g/mol. The molecule has 1 aromatic carbocycles. The lowest BCUT2D eigenvalue weighted by atomic mass is 9.97. The van der Waals surface area contributed by atoms with Crippen LogP contribution in [0.2, 0.25) is 0 Å². The van der Waals surface area contributed by atoms with Crippen molar-refractivity contribution < 1.29 is 0 Å². The lowest BCUT2D eigenvalue weighted by Gasteiger charge is -2.22. The van der Waals surface area contributed by atoms with E-state index in [1.165, 1.54) is 12.0 Å². The van der Waals surface area contributed by atoms with E-state index in [1.54, 1.807) is 0 Å². The minimum Gasteiger partial charge on any atom is -0.353 e. The van der Waals surface area contributed by atoms with E-state index in [-0.39, 0.29) is 0 Å². The Labute approximate surface area is 122 Å². The predicted molar refractivity (Wildman–Crippen MR) is 82.5 cm³/mol. The van der Waals surface area contributed by atoms with Gasteiger partial charge in [0.2, 0.25) is 0 Å². The molecule has 2 unspecified atom stereocenters. The van der Waals surface area contributed by atoms with E-state index in [0.29, 0.717) is 12.0 Å². The Morgan fingerprint density at radius 2 is 1.95 bits per heavy atom. The molecule has 1 aromatic heterocycles. The summed E-state index contributed by atoms with van der Waals surface area (Å²) in [6.07, 6.45) is 3.07. The maximum atomic E-state index is 4.52. The van der Waals surface area contributed by atoms with Gasteiger partial charge in [-0.05, 0) is 47.0 Å². The lowest BCUT2D eigenvalue weighted by Crippen LogP contribution is -2.27. The van der Waals surface area contributed by atoms with Gasteiger partial charge >= 0.3 is 0 Å². The highest BCUT2D eigenvalue weighted by Gasteiger charge is 2.30. The minimum atomic E-state index is 0.541. The third-order valence-electron chi connectivity index (χ3n) is 3.85. The van der Waals surface area contributed by atoms with E-state index in [0.717, 1.165) is 16.8 Å². The summed E-state index contributed by atoms with van der Waals surface area (Å²) < 4.78 is 1.03. The van der Waals surface area contributed by atoms with Crippen LogP contribution in [-0.2, 0) is 0 Å². The van der Waals surface area contributed by atoms with Gasteiger partial charge in [0.15, 0.2) is 0 Å². The summed E-state index contributed by atoms with van der Waals surface area (Å²) in [5, 5.41) is 0. The van der Waals surface area contributed by atoms with Crippen LogP contribution in [0.3, 0.4) is 0 Å². The first kappa shape index (κ1) is 12.7. The summed E-state index contributed by atoms with van der Waals surface area (Å²) >= 11 is 3.44. The number of rotatable bonds is 2. The van der Waals surface area contributed by atoms with E-state index < -0.39 is 0 Å². The Kier molecular flexibility index (Phi) is 3.56. The molecular formula is C16H17BrN2. The molecule has 0 aliphatic carbocycles. The van der Waals surface area contributed by atoms with Crippen LogP contribution in [0.1, 0.15) is 24.8 Å². The fraction of sp³-hybridized carbons (Fsp3) is 0.312. The average molecular weight is 317 g/mol. The van der Waals surface area contributed by atoms with Crippen LogP contribution in [0, 0.1) is 0 Å². The van der Waals surface area contributed by atoms with Gasteiger partial charge in [-0.1, -0.05) is 30.3 Å². The second-order valence-corrected chi connectivity index (χ2v) is 6.09. The predicted octanol–water partition coefficient (Wildman–Crippen LogP) is 4.23. The van der Waals surface area contributed by atoms with Crippen molar-refractivity contribution in [3.8, 4) is 0 Å². The molecule has 3 rings (SSSR count). The van der Waals surface area contributed by atoms with Crippen LogP contribution in [0.25, 0.3) is 0 Å². The van der Waals surface area contributed by atoms with Crippen molar-refractivity contribution in [2.75, 3.05) is 11.4 Å². The Balaban J connectivity index is 1.80. The second kappa shape index (κ2) is 5.33. The zero-order chi connectivity index (χ0) is 13.2. The van der Waals surface area contributed by atoms with Gasteiger partial charge in [0.05, 0.1) is 0 Å². The maximum absolute atomic E-state index is 4.52. The smallest absolute Gasteiger partial charge is 0.128 e. The normalized spacial score (nSPS) is 22.7. The Bertz CT molecular complexity index is 538. The molecule has 1 aliphatic heterocycles. The SMILES string of the molecule is CC1CC(c2ccccc2)CN1c1ccc(Br)cn1. The van der Waals surface area contributed by atoms with Crippen molar-refractivity contribution in [1.29, 1.82) is 0 Å². The highest BCUT2D eigenvalue weighted by atomic mass is 79.9.